The molecule has 0 aliphatic rings. The molecule has 4 rings (SSSR count). The predicted octanol–water partition coefficient (Wildman–Crippen LogP) is 5.10. The van der Waals surface area contributed by atoms with Crippen molar-refractivity contribution in [1.29, 1.82) is 0 Å². The summed E-state index contributed by atoms with van der Waals surface area (Å²) in [7, 11) is 1.55. The molecular weight excluding hydrogens is 520 g/mol. The molecule has 9 nitrogen and oxygen atoms in total. The van der Waals surface area contributed by atoms with E-state index in [1.54, 1.807) is 43.2 Å². The van der Waals surface area contributed by atoms with Crippen LogP contribution in [0.1, 0.15) is 28.4 Å². The zero-order chi connectivity index (χ0) is 29.0. The number of amides is 3. The molecule has 214 valence electrons. The molecule has 0 radical (unpaired) electrons. The third-order valence-corrected chi connectivity index (χ3v) is 6.72. The maximum atomic E-state index is 13.7. The van der Waals surface area contributed by atoms with Crippen LogP contribution in [0.25, 0.3) is 10.9 Å². The van der Waals surface area contributed by atoms with E-state index in [1.807, 2.05) is 54.7 Å². The minimum absolute atomic E-state index is 0.114. The van der Waals surface area contributed by atoms with Crippen molar-refractivity contribution in [3.05, 3.63) is 102 Å². The topological polar surface area (TPSA) is 104 Å². The molecule has 41 heavy (non-hydrogen) atoms. The fraction of sp³-hybridized carbons (Fsp3) is 0.281. The normalized spacial score (nSPS) is 10.8. The molecule has 0 saturated heterocycles. The van der Waals surface area contributed by atoms with E-state index >= 15 is 0 Å². The van der Waals surface area contributed by atoms with Gasteiger partial charge in [0.2, 0.25) is 5.91 Å². The number of carbonyl (C=O) groups is 3. The molecule has 0 saturated carbocycles. The molecule has 2 N–H and O–H groups in total. The Kier molecular flexibility index (Phi) is 10.5. The van der Waals surface area contributed by atoms with Gasteiger partial charge in [-0.1, -0.05) is 48.5 Å². The second kappa shape index (κ2) is 14.7. The van der Waals surface area contributed by atoms with Crippen LogP contribution in [0.3, 0.4) is 0 Å². The first kappa shape index (κ1) is 29.4. The predicted molar refractivity (Wildman–Crippen MR) is 159 cm³/mol. The van der Waals surface area contributed by atoms with E-state index in [4.69, 9.17) is 9.47 Å². The summed E-state index contributed by atoms with van der Waals surface area (Å²) < 4.78 is 10.2. The monoisotopic (exact) mass is 556 g/mol. The Bertz CT molecular complexity index is 1440. The maximum absolute atomic E-state index is 13.7. The molecule has 4 aromatic rings. The quantitative estimate of drug-likeness (QED) is 0.223. The number of hydrogen-bond donors (Lipinski definition) is 2. The van der Waals surface area contributed by atoms with Gasteiger partial charge in [-0.15, -0.1) is 0 Å². The Morgan fingerprint density at radius 1 is 0.878 bits per heavy atom. The number of aromatic nitrogens is 1. The van der Waals surface area contributed by atoms with Crippen LogP contribution in [0, 0.1) is 0 Å². The van der Waals surface area contributed by atoms with Gasteiger partial charge in [-0.2, -0.15) is 0 Å². The molecule has 0 unspecified atom stereocenters. The number of methoxy groups -OCH3 is 1. The first-order chi connectivity index (χ1) is 20.0. The van der Waals surface area contributed by atoms with Gasteiger partial charge in [-0.25, -0.2) is 9.59 Å². The van der Waals surface area contributed by atoms with E-state index in [0.717, 1.165) is 22.0 Å². The summed E-state index contributed by atoms with van der Waals surface area (Å²) >= 11 is 0. The van der Waals surface area contributed by atoms with Crippen LogP contribution in [0.5, 0.6) is 0 Å². The highest BCUT2D eigenvalue weighted by atomic mass is 16.5. The number of rotatable bonds is 13. The van der Waals surface area contributed by atoms with E-state index in [-0.39, 0.29) is 32.2 Å². The molecule has 0 aliphatic carbocycles. The standard InChI is InChI=1S/C32H36N4O5/c1-3-41-31(38)25-13-15-27(16-14-25)34-32(39)36(19-20-40-2)23-30(37)35(22-24-9-5-4-6-10-24)18-17-26-21-33-29-12-8-7-11-28(26)29/h4-16,21,33H,3,17-20,22-23H2,1-2H3,(H,34,39). The van der Waals surface area contributed by atoms with Crippen LogP contribution in [-0.2, 0) is 27.2 Å². The zero-order valence-corrected chi connectivity index (χ0v) is 23.5. The fourth-order valence-corrected chi connectivity index (χ4v) is 4.51. The Morgan fingerprint density at radius 2 is 1.61 bits per heavy atom. The van der Waals surface area contributed by atoms with Gasteiger partial charge in [0.1, 0.15) is 6.54 Å². The van der Waals surface area contributed by atoms with Crippen LogP contribution in [0.4, 0.5) is 10.5 Å². The molecule has 0 spiro atoms. The molecule has 1 aromatic heterocycles. The average Bonchev–Trinajstić information content (AvgIpc) is 3.41. The molecule has 3 aromatic carbocycles. The minimum atomic E-state index is -0.435. The number of anilines is 1. The number of esters is 1. The van der Waals surface area contributed by atoms with Crippen molar-refractivity contribution < 1.29 is 23.9 Å². The number of aromatic amines is 1. The Morgan fingerprint density at radius 3 is 2.34 bits per heavy atom. The lowest BCUT2D eigenvalue weighted by Crippen LogP contribution is -2.46. The van der Waals surface area contributed by atoms with Crippen molar-refractivity contribution in [2.45, 2.75) is 19.9 Å². The number of benzene rings is 3. The lowest BCUT2D eigenvalue weighted by atomic mass is 10.1. The molecule has 0 aliphatic heterocycles. The highest BCUT2D eigenvalue weighted by Gasteiger charge is 2.22. The molecule has 0 fully saturated rings. The molecule has 3 amide bonds. The minimum Gasteiger partial charge on any atom is -0.462 e. The van der Waals surface area contributed by atoms with Crippen LogP contribution in [0.2, 0.25) is 0 Å². The van der Waals surface area contributed by atoms with Gasteiger partial charge in [0, 0.05) is 49.5 Å². The lowest BCUT2D eigenvalue weighted by Gasteiger charge is -2.28. The van der Waals surface area contributed by atoms with Crippen molar-refractivity contribution in [2.75, 3.05) is 45.3 Å². The Labute approximate surface area is 240 Å². The Hall–Kier alpha value is -4.63. The summed E-state index contributed by atoms with van der Waals surface area (Å²) in [5.41, 5.74) is 4.09. The van der Waals surface area contributed by atoms with Gasteiger partial charge < -0.3 is 29.6 Å². The number of ether oxygens (including phenoxy) is 2. The van der Waals surface area contributed by atoms with E-state index in [9.17, 15) is 14.4 Å². The number of carbonyl (C=O) groups excluding carboxylic acids is 3. The number of fused-ring (bicyclic) bond motifs is 1. The summed E-state index contributed by atoms with van der Waals surface area (Å²) in [6, 6.07) is 23.9. The lowest BCUT2D eigenvalue weighted by molar-refractivity contribution is -0.132. The van der Waals surface area contributed by atoms with Crippen molar-refractivity contribution in [2.24, 2.45) is 0 Å². The van der Waals surface area contributed by atoms with E-state index in [0.29, 0.717) is 30.8 Å². The summed E-state index contributed by atoms with van der Waals surface area (Å²) in [4.78, 5) is 45.4. The van der Waals surface area contributed by atoms with Gasteiger partial charge >= 0.3 is 12.0 Å². The second-order valence-electron chi connectivity index (χ2n) is 9.55. The molecule has 1 heterocycles. The fourth-order valence-electron chi connectivity index (χ4n) is 4.51. The second-order valence-corrected chi connectivity index (χ2v) is 9.55. The van der Waals surface area contributed by atoms with Crippen LogP contribution < -0.4 is 5.32 Å². The largest absolute Gasteiger partial charge is 0.462 e. The van der Waals surface area contributed by atoms with E-state index in [2.05, 4.69) is 16.4 Å². The first-order valence-electron chi connectivity index (χ1n) is 13.7. The third-order valence-electron chi connectivity index (χ3n) is 6.72. The van der Waals surface area contributed by atoms with Gasteiger partial charge in [0.25, 0.3) is 0 Å². The van der Waals surface area contributed by atoms with E-state index in [1.165, 1.54) is 4.90 Å². The summed E-state index contributed by atoms with van der Waals surface area (Å²) in [5, 5.41) is 3.96. The highest BCUT2D eigenvalue weighted by molar-refractivity contribution is 5.94. The van der Waals surface area contributed by atoms with Gasteiger partial charge in [0.05, 0.1) is 18.8 Å². The number of nitrogens with one attached hydrogen (secondary N) is 2. The molecule has 0 atom stereocenters. The van der Waals surface area contributed by atoms with Crippen molar-refractivity contribution >= 4 is 34.5 Å². The summed E-state index contributed by atoms with van der Waals surface area (Å²) in [6.45, 7) is 3.33. The van der Waals surface area contributed by atoms with Crippen LogP contribution in [-0.4, -0.2) is 72.6 Å². The molecule has 0 bridgehead atoms. The number of nitrogens with zero attached hydrogens (tertiary/aromatic N) is 2. The van der Waals surface area contributed by atoms with E-state index < -0.39 is 12.0 Å². The zero-order valence-electron chi connectivity index (χ0n) is 23.5. The average molecular weight is 557 g/mol. The first-order valence-corrected chi connectivity index (χ1v) is 13.7. The number of H-pyrrole nitrogens is 1. The smallest absolute Gasteiger partial charge is 0.338 e. The van der Waals surface area contributed by atoms with Gasteiger partial charge in [-0.05, 0) is 54.8 Å². The maximum Gasteiger partial charge on any atom is 0.338 e. The number of hydrogen-bond acceptors (Lipinski definition) is 5. The Balaban J connectivity index is 1.46. The summed E-state index contributed by atoms with van der Waals surface area (Å²) in [6.07, 6.45) is 2.65. The van der Waals surface area contributed by atoms with Crippen LogP contribution in [0.15, 0.2) is 85.1 Å². The molecule has 9 heteroatoms. The number of para-hydroxylation sites is 1. The number of urea groups is 1. The molecular formula is C32H36N4O5. The SMILES string of the molecule is CCOC(=O)c1ccc(NC(=O)N(CCOC)CC(=O)N(CCc2c[nH]c3ccccc23)Cc2ccccc2)cc1. The third kappa shape index (κ3) is 8.18. The van der Waals surface area contributed by atoms with Crippen molar-refractivity contribution in [3.8, 4) is 0 Å². The van der Waals surface area contributed by atoms with Gasteiger partial charge in [0.15, 0.2) is 0 Å². The summed E-state index contributed by atoms with van der Waals surface area (Å²) in [5.74, 6) is -0.596. The van der Waals surface area contributed by atoms with Crippen molar-refractivity contribution in [1.82, 2.24) is 14.8 Å². The van der Waals surface area contributed by atoms with Gasteiger partial charge in [-0.3, -0.25) is 4.79 Å². The van der Waals surface area contributed by atoms with Crippen LogP contribution >= 0.6 is 0 Å². The van der Waals surface area contributed by atoms with Crippen molar-refractivity contribution in [3.63, 3.8) is 0 Å². The highest BCUT2D eigenvalue weighted by Crippen LogP contribution is 2.19.